The molecule has 1 aromatic heterocycles. The summed E-state index contributed by atoms with van der Waals surface area (Å²) >= 11 is 1.25. The molecule has 86 heavy (non-hydrogen) atoms. The fourth-order valence-electron chi connectivity index (χ4n) is 9.54. The number of nitrogens with one attached hydrogen (secondary N) is 3. The number of amides is 2. The number of alkyl halides is 3. The number of carbonyl (C=O) groups excluding carboxylic acids is 3. The molecule has 1 fully saturated rings. The maximum atomic E-state index is 14.0. The first-order valence-corrected chi connectivity index (χ1v) is 28.6. The average molecular weight is 1230 g/mol. The molecule has 2 unspecified atom stereocenters. The molecule has 2 atom stereocenters. The lowest BCUT2D eigenvalue weighted by Crippen LogP contribution is -2.52. The molecule has 3 aromatic rings. The molecule has 27 nitrogen and oxygen atoms in total. The molecule has 2 aromatic carbocycles. The Hall–Kier alpha value is -8.10. The largest absolute Gasteiger partial charge is 0.542 e. The molecule has 0 saturated carbocycles. The van der Waals surface area contributed by atoms with Crippen molar-refractivity contribution in [2.45, 2.75) is 64.1 Å². The van der Waals surface area contributed by atoms with Crippen LogP contribution in [0.5, 0.6) is 0 Å². The van der Waals surface area contributed by atoms with E-state index in [1.807, 2.05) is 60.4 Å². The minimum atomic E-state index is -5.19. The van der Waals surface area contributed by atoms with Gasteiger partial charge in [0.05, 0.1) is 25.7 Å². The van der Waals surface area contributed by atoms with Gasteiger partial charge in [-0.3, -0.25) is 48.4 Å². The van der Waals surface area contributed by atoms with Crippen LogP contribution in [0.15, 0.2) is 70.2 Å². The number of carboxylic acids is 5. The monoisotopic (exact) mass is 1230 g/mol. The number of halogens is 3. The van der Waals surface area contributed by atoms with Crippen LogP contribution in [0.4, 0.5) is 24.8 Å². The molecule has 1 aliphatic carbocycles. The third-order valence-corrected chi connectivity index (χ3v) is 14.6. The third-order valence-electron chi connectivity index (χ3n) is 13.7. The molecule has 1 saturated heterocycles. The molecular weight excluding hydrogens is 1160 g/mol. The summed E-state index contributed by atoms with van der Waals surface area (Å²) in [6.45, 7) is 10.9. The summed E-state index contributed by atoms with van der Waals surface area (Å²) in [7, 11) is 0. The summed E-state index contributed by atoms with van der Waals surface area (Å²) in [4.78, 5) is 91.5. The molecule has 8 N–H and O–H groups in total. The molecule has 31 heteroatoms. The fourth-order valence-corrected chi connectivity index (χ4v) is 10.1. The van der Waals surface area contributed by atoms with Crippen molar-refractivity contribution in [3.05, 3.63) is 71.6 Å². The normalized spacial score (nSPS) is 14.8. The second kappa shape index (κ2) is 33.6. The van der Waals surface area contributed by atoms with Gasteiger partial charge in [0.25, 0.3) is 11.9 Å². The Balaban J connectivity index is 0.00000181. The molecule has 6 rings (SSSR count). The van der Waals surface area contributed by atoms with Gasteiger partial charge in [-0.15, -0.1) is 20.4 Å². The van der Waals surface area contributed by atoms with Gasteiger partial charge in [-0.05, 0) is 63.9 Å². The zero-order valence-corrected chi connectivity index (χ0v) is 48.8. The fraction of sp³-hybridized carbons (Fsp3) is 0.491. The molecule has 0 spiro atoms. The zero-order valence-electron chi connectivity index (χ0n) is 48.0. The van der Waals surface area contributed by atoms with Crippen LogP contribution in [0.1, 0.15) is 50.9 Å². The van der Waals surface area contributed by atoms with Gasteiger partial charge in [0, 0.05) is 131 Å². The van der Waals surface area contributed by atoms with E-state index in [2.05, 4.69) is 60.8 Å². The lowest BCUT2D eigenvalue weighted by Gasteiger charge is -2.35. The Bertz CT molecular complexity index is 3120. The first kappa shape index (κ1) is 68.7. The van der Waals surface area contributed by atoms with Crippen LogP contribution in [-0.2, 0) is 28.8 Å². The van der Waals surface area contributed by atoms with E-state index in [9.17, 15) is 67.5 Å². The number of nitrogens with zero attached hydrogens (tertiary/aromatic N) is 10. The van der Waals surface area contributed by atoms with Crippen LogP contribution in [-0.4, -0.2) is 243 Å². The maximum absolute atomic E-state index is 14.0. The highest BCUT2D eigenvalue weighted by molar-refractivity contribution is 7.99. The number of thioether (sulfide) groups is 1. The minimum absolute atomic E-state index is 0.0879. The first-order chi connectivity index (χ1) is 40.9. The zero-order chi connectivity index (χ0) is 63.1. The van der Waals surface area contributed by atoms with Crippen LogP contribution < -0.4 is 35.9 Å². The number of benzene rings is 3. The lowest BCUT2D eigenvalue weighted by molar-refractivity contribution is -0.344. The lowest BCUT2D eigenvalue weighted by atomic mass is 9.90. The average Bonchev–Trinajstić information content (AvgIpc) is 0.817. The minimum Gasteiger partial charge on any atom is -0.542 e. The van der Waals surface area contributed by atoms with Crippen LogP contribution in [0.3, 0.4) is 0 Å². The van der Waals surface area contributed by atoms with E-state index in [1.165, 1.54) is 11.8 Å². The summed E-state index contributed by atoms with van der Waals surface area (Å²) < 4.78 is 40.4. The van der Waals surface area contributed by atoms with E-state index in [4.69, 9.17) is 14.3 Å². The van der Waals surface area contributed by atoms with Crippen molar-refractivity contribution in [2.24, 2.45) is 0 Å². The Morgan fingerprint density at radius 2 is 1.31 bits per heavy atom. The van der Waals surface area contributed by atoms with Crippen LogP contribution >= 0.6 is 11.8 Å². The third kappa shape index (κ3) is 21.1. The summed E-state index contributed by atoms with van der Waals surface area (Å²) in [5, 5.41) is 85.3. The first-order valence-electron chi connectivity index (χ1n) is 27.6. The second-order valence-electron chi connectivity index (χ2n) is 19.6. The smallest absolute Gasteiger partial charge is 0.430 e. The quantitative estimate of drug-likeness (QED) is 0.0125. The SMILES string of the molecule is CCN(c1ccc2c(-c3ccccc3C(=O)NCCSc3nnc(NCCNC(=O)CCC(C(=O)O)N4CCN(CC(=O)O)CCN(CC(=O)O)CCN(CC(=O)O)CC4)nn3)c3ccc(=[N+](CC)CC)cc-3oc2c1)C(C)O.O=C([O-])C(F)(F)F. The standard InChI is InChI=1S/C53H71N13O12S.C2HF3O2/c1-5-64(6-2)36-12-14-40-43(30-36)78-44-31-37(66(7-3)35(4)67)13-15-41(44)49(40)38-10-8-9-11-39(38)50(75)55-20-29-79-53-59-57-52(58-60-53)56-19-18-54-45(68)17-16-42(51(76)77)65-27-25-62(33-47(71)72)23-21-61(32-46(69)70)22-24-63(26-28-65)34-48(73)74;3-2(4,5)1(6)7/h8-15,30-31,35,42,67H,5-7,16-29,32-34H2,1-4H3,(H6-,54,55,56,57,58,68,69,70,71,72,73,74,75,76,77);(H,6,7). The Kier molecular flexibility index (Phi) is 26.8. The van der Waals surface area contributed by atoms with E-state index in [-0.39, 0.29) is 121 Å². The van der Waals surface area contributed by atoms with Gasteiger partial charge in [-0.2, -0.15) is 13.2 Å². The number of rotatable bonds is 26. The number of carbonyl (C=O) groups is 7. The van der Waals surface area contributed by atoms with Crippen molar-refractivity contribution in [1.29, 1.82) is 0 Å². The number of carboxylic acid groups (broad SMARTS) is 5. The van der Waals surface area contributed by atoms with Crippen molar-refractivity contribution in [3.8, 4) is 22.5 Å². The number of fused-ring (bicyclic) bond motifs is 2. The van der Waals surface area contributed by atoms with E-state index >= 15 is 0 Å². The summed E-state index contributed by atoms with van der Waals surface area (Å²) in [5.41, 5.74) is 4.30. The Labute approximate surface area is 496 Å². The van der Waals surface area contributed by atoms with Crippen molar-refractivity contribution in [3.63, 3.8) is 0 Å². The van der Waals surface area contributed by atoms with E-state index < -0.39 is 54.2 Å². The van der Waals surface area contributed by atoms with Crippen molar-refractivity contribution >= 4 is 76.0 Å². The molecule has 3 aliphatic rings. The molecule has 3 heterocycles. The highest BCUT2D eigenvalue weighted by Crippen LogP contribution is 2.42. The second-order valence-corrected chi connectivity index (χ2v) is 20.6. The maximum Gasteiger partial charge on any atom is 0.430 e. The molecule has 2 aliphatic heterocycles. The highest BCUT2D eigenvalue weighted by Gasteiger charge is 2.30. The number of aromatic nitrogens is 4. The van der Waals surface area contributed by atoms with Gasteiger partial charge in [0.2, 0.25) is 16.4 Å². The van der Waals surface area contributed by atoms with Gasteiger partial charge in [0.15, 0.2) is 0 Å². The van der Waals surface area contributed by atoms with Gasteiger partial charge in [0.1, 0.15) is 42.7 Å². The Morgan fingerprint density at radius 3 is 1.84 bits per heavy atom. The van der Waals surface area contributed by atoms with E-state index in [0.29, 0.717) is 29.2 Å². The van der Waals surface area contributed by atoms with Gasteiger partial charge >= 0.3 is 30.1 Å². The molecule has 0 bridgehead atoms. The summed E-state index contributed by atoms with van der Waals surface area (Å²) in [6, 6.07) is 18.3. The number of anilines is 2. The molecule has 2 amide bonds. The van der Waals surface area contributed by atoms with Gasteiger partial charge in [-0.1, -0.05) is 30.0 Å². The van der Waals surface area contributed by atoms with Crippen molar-refractivity contribution < 1.29 is 81.8 Å². The van der Waals surface area contributed by atoms with Crippen LogP contribution in [0.25, 0.3) is 33.4 Å². The predicted molar refractivity (Wildman–Crippen MR) is 307 cm³/mol. The van der Waals surface area contributed by atoms with Crippen LogP contribution in [0, 0.1) is 0 Å². The summed E-state index contributed by atoms with van der Waals surface area (Å²) in [6.07, 6.45) is -6.16. The van der Waals surface area contributed by atoms with Gasteiger partial charge < -0.3 is 60.7 Å². The number of aliphatic hydroxyl groups excluding tert-OH is 1. The number of aliphatic hydroxyl groups is 1. The van der Waals surface area contributed by atoms with E-state index in [1.54, 1.807) is 32.6 Å². The number of aliphatic carboxylic acids is 5. The van der Waals surface area contributed by atoms with E-state index in [0.717, 1.165) is 46.2 Å². The topological polar surface area (TPSA) is 364 Å². The van der Waals surface area contributed by atoms with Crippen molar-refractivity contribution in [1.82, 2.24) is 55.2 Å². The van der Waals surface area contributed by atoms with Crippen LogP contribution in [0.2, 0.25) is 0 Å². The summed E-state index contributed by atoms with van der Waals surface area (Å²) in [5.74, 6) is -7.03. The predicted octanol–water partition coefficient (Wildman–Crippen LogP) is 0.819. The highest BCUT2D eigenvalue weighted by atomic mass is 32.2. The molecular formula is C55H72F3N13O14S. The Morgan fingerprint density at radius 1 is 0.744 bits per heavy atom. The van der Waals surface area contributed by atoms with Crippen molar-refractivity contribution in [2.75, 3.05) is 127 Å². The number of hydrogen-bond acceptors (Lipinski definition) is 21. The molecule has 0 radical (unpaired) electrons. The van der Waals surface area contributed by atoms with Gasteiger partial charge in [-0.25, -0.2) is 4.58 Å². The number of hydrogen-bond donors (Lipinski definition) is 8. The molecule has 468 valence electrons.